The molecule has 0 N–H and O–H groups in total. The lowest BCUT2D eigenvalue weighted by Crippen LogP contribution is -2.28. The standard InChI is InChI=1S/C16H14N2O4/c1-21-10-7-8-13(17-14(9-10)22-2)18-15(19)11-5-3-4-6-12(11)16(18)20/h3-8H,9H2,1-2H3. The van der Waals surface area contributed by atoms with Gasteiger partial charge >= 0.3 is 0 Å². The summed E-state index contributed by atoms with van der Waals surface area (Å²) in [6.07, 6.45) is 3.61. The zero-order valence-electron chi connectivity index (χ0n) is 12.2. The van der Waals surface area contributed by atoms with Gasteiger partial charge in [0.2, 0.25) is 0 Å². The van der Waals surface area contributed by atoms with Crippen LogP contribution in [0.15, 0.2) is 53.0 Å². The molecule has 22 heavy (non-hydrogen) atoms. The van der Waals surface area contributed by atoms with Crippen molar-refractivity contribution in [2.75, 3.05) is 14.2 Å². The monoisotopic (exact) mass is 298 g/mol. The Bertz CT molecular complexity index is 711. The highest BCUT2D eigenvalue weighted by Gasteiger charge is 2.38. The third-order valence-electron chi connectivity index (χ3n) is 3.50. The molecule has 6 nitrogen and oxygen atoms in total. The zero-order chi connectivity index (χ0) is 15.7. The summed E-state index contributed by atoms with van der Waals surface area (Å²) in [5.41, 5.74) is 0.755. The number of hydrogen-bond acceptors (Lipinski definition) is 5. The highest BCUT2D eigenvalue weighted by Crippen LogP contribution is 2.28. The largest absolute Gasteiger partial charge is 0.501 e. The molecule has 0 radical (unpaired) electrons. The number of allylic oxidation sites excluding steroid dienone is 2. The van der Waals surface area contributed by atoms with Gasteiger partial charge in [-0.05, 0) is 24.3 Å². The fraction of sp³-hybridized carbons (Fsp3) is 0.188. The lowest BCUT2D eigenvalue weighted by Gasteiger charge is -2.14. The summed E-state index contributed by atoms with van der Waals surface area (Å²) in [5.74, 6) is 0.441. The van der Waals surface area contributed by atoms with Crippen molar-refractivity contribution in [3.63, 3.8) is 0 Å². The first kappa shape index (κ1) is 14.1. The van der Waals surface area contributed by atoms with E-state index < -0.39 is 0 Å². The number of rotatable bonds is 2. The number of benzene rings is 1. The van der Waals surface area contributed by atoms with E-state index in [0.717, 1.165) is 4.90 Å². The Hall–Kier alpha value is -2.89. The second kappa shape index (κ2) is 5.48. The van der Waals surface area contributed by atoms with Crippen LogP contribution in [0.5, 0.6) is 0 Å². The van der Waals surface area contributed by atoms with Gasteiger partial charge in [0.15, 0.2) is 5.90 Å². The Morgan fingerprint density at radius 3 is 2.18 bits per heavy atom. The fourth-order valence-corrected chi connectivity index (χ4v) is 2.36. The molecule has 2 amide bonds. The van der Waals surface area contributed by atoms with Crippen LogP contribution in [-0.2, 0) is 9.47 Å². The minimum Gasteiger partial charge on any atom is -0.501 e. The molecule has 0 bridgehead atoms. The van der Waals surface area contributed by atoms with Crippen LogP contribution in [0.25, 0.3) is 0 Å². The highest BCUT2D eigenvalue weighted by molar-refractivity contribution is 6.22. The zero-order valence-corrected chi connectivity index (χ0v) is 12.2. The van der Waals surface area contributed by atoms with E-state index >= 15 is 0 Å². The minimum absolute atomic E-state index is 0.218. The normalized spacial score (nSPS) is 17.4. The molecule has 2 heterocycles. The van der Waals surface area contributed by atoms with Crippen LogP contribution in [0.4, 0.5) is 0 Å². The molecule has 2 aliphatic rings. The van der Waals surface area contributed by atoms with E-state index in [4.69, 9.17) is 9.47 Å². The number of ether oxygens (including phenoxy) is 2. The van der Waals surface area contributed by atoms with Crippen molar-refractivity contribution >= 4 is 17.7 Å². The summed E-state index contributed by atoms with van der Waals surface area (Å²) < 4.78 is 10.4. The van der Waals surface area contributed by atoms with E-state index in [2.05, 4.69) is 4.99 Å². The van der Waals surface area contributed by atoms with E-state index in [1.807, 2.05) is 0 Å². The van der Waals surface area contributed by atoms with E-state index in [9.17, 15) is 9.59 Å². The van der Waals surface area contributed by atoms with Gasteiger partial charge in [0.05, 0.1) is 31.8 Å². The molecule has 2 aliphatic heterocycles. The number of nitrogens with zero attached hydrogens (tertiary/aromatic N) is 2. The van der Waals surface area contributed by atoms with E-state index in [-0.39, 0.29) is 17.6 Å². The van der Waals surface area contributed by atoms with Crippen LogP contribution in [-0.4, -0.2) is 36.8 Å². The van der Waals surface area contributed by atoms with Crippen molar-refractivity contribution < 1.29 is 19.1 Å². The van der Waals surface area contributed by atoms with Crippen molar-refractivity contribution in [1.82, 2.24) is 4.90 Å². The summed E-state index contributed by atoms with van der Waals surface area (Å²) >= 11 is 0. The molecular formula is C16H14N2O4. The third kappa shape index (κ3) is 2.18. The number of imide groups is 1. The average Bonchev–Trinajstić information content (AvgIpc) is 2.70. The molecule has 0 aromatic heterocycles. The molecule has 0 atom stereocenters. The minimum atomic E-state index is -0.389. The topological polar surface area (TPSA) is 68.2 Å². The van der Waals surface area contributed by atoms with Gasteiger partial charge in [-0.15, -0.1) is 0 Å². The van der Waals surface area contributed by atoms with Gasteiger partial charge in [-0.1, -0.05) is 12.1 Å². The van der Waals surface area contributed by atoms with E-state index in [1.54, 1.807) is 43.5 Å². The van der Waals surface area contributed by atoms with Crippen LogP contribution in [0.1, 0.15) is 27.1 Å². The second-order valence-electron chi connectivity index (χ2n) is 4.74. The van der Waals surface area contributed by atoms with Gasteiger partial charge < -0.3 is 9.47 Å². The summed E-state index contributed by atoms with van der Waals surface area (Å²) in [7, 11) is 3.03. The highest BCUT2D eigenvalue weighted by atomic mass is 16.5. The first-order valence-electron chi connectivity index (χ1n) is 6.70. The van der Waals surface area contributed by atoms with Crippen LogP contribution in [0.3, 0.4) is 0 Å². The summed E-state index contributed by atoms with van der Waals surface area (Å²) in [5, 5.41) is 0. The van der Waals surface area contributed by atoms with Crippen LogP contribution >= 0.6 is 0 Å². The third-order valence-corrected chi connectivity index (χ3v) is 3.50. The number of amides is 2. The molecule has 0 unspecified atom stereocenters. The number of methoxy groups -OCH3 is 2. The van der Waals surface area contributed by atoms with E-state index in [0.29, 0.717) is 29.2 Å². The molecule has 112 valence electrons. The van der Waals surface area contributed by atoms with Gasteiger partial charge in [0.25, 0.3) is 11.8 Å². The maximum atomic E-state index is 12.5. The Labute approximate surface area is 127 Å². The maximum absolute atomic E-state index is 12.5. The number of fused-ring (bicyclic) bond motifs is 1. The molecule has 6 heteroatoms. The first-order valence-corrected chi connectivity index (χ1v) is 6.70. The van der Waals surface area contributed by atoms with Crippen LogP contribution < -0.4 is 0 Å². The van der Waals surface area contributed by atoms with Gasteiger partial charge in [-0.3, -0.25) is 9.59 Å². The molecule has 0 saturated heterocycles. The predicted octanol–water partition coefficient (Wildman–Crippen LogP) is 2.10. The summed E-state index contributed by atoms with van der Waals surface area (Å²) in [6.45, 7) is 0. The quantitative estimate of drug-likeness (QED) is 0.784. The van der Waals surface area contributed by atoms with Gasteiger partial charge in [-0.2, -0.15) is 4.99 Å². The Kier molecular flexibility index (Phi) is 3.50. The fourth-order valence-electron chi connectivity index (χ4n) is 2.36. The van der Waals surface area contributed by atoms with Crippen molar-refractivity contribution in [3.05, 3.63) is 59.1 Å². The number of aliphatic imine (C=N–C) groups is 1. The second-order valence-corrected chi connectivity index (χ2v) is 4.74. The Balaban J connectivity index is 2.04. The lowest BCUT2D eigenvalue weighted by molar-refractivity contribution is 0.0702. The first-order chi connectivity index (χ1) is 10.7. The number of carbonyl (C=O) groups excluding carboxylic acids is 2. The van der Waals surface area contributed by atoms with Crippen LogP contribution in [0.2, 0.25) is 0 Å². The number of carbonyl (C=O) groups is 2. The number of hydrogen-bond donors (Lipinski definition) is 0. The predicted molar refractivity (Wildman–Crippen MR) is 79.2 cm³/mol. The Morgan fingerprint density at radius 1 is 1.00 bits per heavy atom. The van der Waals surface area contributed by atoms with Crippen molar-refractivity contribution in [3.8, 4) is 0 Å². The van der Waals surface area contributed by atoms with Gasteiger partial charge in [-0.25, -0.2) is 4.90 Å². The molecule has 1 aromatic rings. The summed E-state index contributed by atoms with van der Waals surface area (Å²) in [6, 6.07) is 6.71. The Morgan fingerprint density at radius 2 is 1.64 bits per heavy atom. The van der Waals surface area contributed by atoms with Crippen molar-refractivity contribution in [1.29, 1.82) is 0 Å². The van der Waals surface area contributed by atoms with E-state index in [1.165, 1.54) is 7.11 Å². The molecule has 0 aliphatic carbocycles. The maximum Gasteiger partial charge on any atom is 0.267 e. The van der Waals surface area contributed by atoms with Crippen molar-refractivity contribution in [2.24, 2.45) is 4.99 Å². The van der Waals surface area contributed by atoms with Crippen LogP contribution in [0, 0.1) is 0 Å². The summed E-state index contributed by atoms with van der Waals surface area (Å²) in [4.78, 5) is 30.3. The van der Waals surface area contributed by atoms with Gasteiger partial charge in [0, 0.05) is 0 Å². The molecular weight excluding hydrogens is 284 g/mol. The van der Waals surface area contributed by atoms with Crippen molar-refractivity contribution in [2.45, 2.75) is 6.42 Å². The molecule has 0 fully saturated rings. The SMILES string of the molecule is COC1=CC=C(N2C(=O)c3ccccc3C2=O)N=C(OC)C1. The smallest absolute Gasteiger partial charge is 0.267 e. The molecule has 0 spiro atoms. The molecule has 0 saturated carbocycles. The van der Waals surface area contributed by atoms with Gasteiger partial charge in [0.1, 0.15) is 11.6 Å². The average molecular weight is 298 g/mol. The molecule has 1 aromatic carbocycles. The molecule has 3 rings (SSSR count). The lowest BCUT2D eigenvalue weighted by atomic mass is 10.1.